The highest BCUT2D eigenvalue weighted by molar-refractivity contribution is 5.93. The number of rotatable bonds is 6. The molecular formula is C24H28N4O5. The topological polar surface area (TPSA) is 132 Å². The number of aliphatic hydroxyl groups excluding tert-OH is 1. The van der Waals surface area contributed by atoms with Crippen LogP contribution in [-0.4, -0.2) is 65.5 Å². The Morgan fingerprint density at radius 2 is 1.88 bits per heavy atom. The number of phenols is 2. The van der Waals surface area contributed by atoms with Crippen LogP contribution in [0.15, 0.2) is 36.4 Å². The molecule has 1 aliphatic rings. The molecule has 0 amide bonds. The maximum Gasteiger partial charge on any atom is 0.358 e. The fourth-order valence-electron chi connectivity index (χ4n) is 4.27. The Labute approximate surface area is 191 Å². The van der Waals surface area contributed by atoms with Crippen molar-refractivity contribution < 1.29 is 25.2 Å². The highest BCUT2D eigenvalue weighted by atomic mass is 16.4. The summed E-state index contributed by atoms with van der Waals surface area (Å²) in [5.74, 6) is -1.54. The van der Waals surface area contributed by atoms with Gasteiger partial charge in [0.15, 0.2) is 5.69 Å². The van der Waals surface area contributed by atoms with E-state index in [1.807, 2.05) is 26.0 Å². The van der Waals surface area contributed by atoms with E-state index in [-0.39, 0.29) is 40.6 Å². The number of carboxylic acids is 1. The quantitative estimate of drug-likeness (QED) is 0.449. The van der Waals surface area contributed by atoms with Crippen LogP contribution in [0.3, 0.4) is 0 Å². The molecule has 0 spiro atoms. The first-order valence-corrected chi connectivity index (χ1v) is 11.0. The number of aliphatic hydroxyl groups is 1. The number of aromatic hydroxyl groups is 2. The smallest absolute Gasteiger partial charge is 0.358 e. The van der Waals surface area contributed by atoms with Crippen molar-refractivity contribution in [2.24, 2.45) is 0 Å². The lowest BCUT2D eigenvalue weighted by atomic mass is 10.0. The van der Waals surface area contributed by atoms with Crippen molar-refractivity contribution in [3.8, 4) is 28.4 Å². The molecule has 2 heterocycles. The normalized spacial score (nSPS) is 16.9. The number of hydrogen-bond acceptors (Lipinski definition) is 7. The van der Waals surface area contributed by atoms with Crippen molar-refractivity contribution in [3.63, 3.8) is 0 Å². The van der Waals surface area contributed by atoms with Gasteiger partial charge in [0, 0.05) is 24.7 Å². The number of aromatic carboxylic acids is 1. The molecule has 1 atom stereocenters. The zero-order valence-corrected chi connectivity index (χ0v) is 18.6. The van der Waals surface area contributed by atoms with Crippen LogP contribution in [0, 0.1) is 0 Å². The number of aromatic nitrogens is 3. The number of likely N-dealkylation sites (tertiary alicyclic amines) is 1. The third-order valence-electron chi connectivity index (χ3n) is 5.96. The Kier molecular flexibility index (Phi) is 6.35. The van der Waals surface area contributed by atoms with Gasteiger partial charge < -0.3 is 20.4 Å². The number of β-amino-alcohol motifs (C(OH)–C–C–N with tert-alkyl or cyclic N) is 1. The van der Waals surface area contributed by atoms with Gasteiger partial charge in [-0.3, -0.25) is 4.90 Å². The molecule has 1 aliphatic heterocycles. The highest BCUT2D eigenvalue weighted by Gasteiger charge is 2.24. The van der Waals surface area contributed by atoms with E-state index in [9.17, 15) is 25.2 Å². The fourth-order valence-corrected chi connectivity index (χ4v) is 4.27. The average Bonchev–Trinajstić information content (AvgIpc) is 3.19. The van der Waals surface area contributed by atoms with Gasteiger partial charge in [0.1, 0.15) is 22.9 Å². The van der Waals surface area contributed by atoms with Gasteiger partial charge in [0.25, 0.3) is 0 Å². The van der Waals surface area contributed by atoms with Crippen molar-refractivity contribution in [1.82, 2.24) is 19.9 Å². The summed E-state index contributed by atoms with van der Waals surface area (Å²) in [6.45, 7) is 6.07. The van der Waals surface area contributed by atoms with Crippen molar-refractivity contribution in [2.75, 3.05) is 13.1 Å². The van der Waals surface area contributed by atoms with Gasteiger partial charge in [-0.25, -0.2) is 9.48 Å². The second-order valence-corrected chi connectivity index (χ2v) is 8.79. The molecule has 9 nitrogen and oxygen atoms in total. The van der Waals surface area contributed by atoms with Gasteiger partial charge in [0.05, 0.1) is 6.10 Å². The van der Waals surface area contributed by atoms with E-state index >= 15 is 0 Å². The van der Waals surface area contributed by atoms with Crippen molar-refractivity contribution in [2.45, 2.75) is 45.3 Å². The number of phenolic OH excluding ortho intramolecular Hbond substituents is 2. The highest BCUT2D eigenvalue weighted by Crippen LogP contribution is 2.36. The predicted molar refractivity (Wildman–Crippen MR) is 122 cm³/mol. The molecule has 4 N–H and O–H groups in total. The molecule has 0 radical (unpaired) electrons. The van der Waals surface area contributed by atoms with E-state index in [0.717, 1.165) is 24.9 Å². The van der Waals surface area contributed by atoms with E-state index in [2.05, 4.69) is 15.2 Å². The molecule has 9 heteroatoms. The lowest BCUT2D eigenvalue weighted by Crippen LogP contribution is -2.37. The van der Waals surface area contributed by atoms with Crippen LogP contribution in [0.5, 0.6) is 11.5 Å². The van der Waals surface area contributed by atoms with Crippen LogP contribution in [0.4, 0.5) is 0 Å². The molecule has 33 heavy (non-hydrogen) atoms. The van der Waals surface area contributed by atoms with E-state index in [1.165, 1.54) is 10.7 Å². The van der Waals surface area contributed by atoms with Gasteiger partial charge in [-0.2, -0.15) is 0 Å². The summed E-state index contributed by atoms with van der Waals surface area (Å²) in [4.78, 5) is 14.1. The predicted octanol–water partition coefficient (Wildman–Crippen LogP) is 3.12. The summed E-state index contributed by atoms with van der Waals surface area (Å²) in [5, 5.41) is 48.1. The van der Waals surface area contributed by atoms with E-state index in [1.54, 1.807) is 18.2 Å². The Balaban J connectivity index is 1.72. The van der Waals surface area contributed by atoms with E-state index in [0.29, 0.717) is 24.2 Å². The van der Waals surface area contributed by atoms with Gasteiger partial charge in [-0.05, 0) is 42.5 Å². The molecule has 174 valence electrons. The van der Waals surface area contributed by atoms with Gasteiger partial charge in [-0.1, -0.05) is 43.3 Å². The lowest BCUT2D eigenvalue weighted by molar-refractivity contribution is 0.0667. The van der Waals surface area contributed by atoms with E-state index in [4.69, 9.17) is 0 Å². The maximum atomic E-state index is 11.9. The van der Waals surface area contributed by atoms with E-state index < -0.39 is 5.97 Å². The number of piperidine rings is 1. The van der Waals surface area contributed by atoms with Crippen LogP contribution in [0.2, 0.25) is 0 Å². The molecule has 2 aromatic carbocycles. The van der Waals surface area contributed by atoms with Crippen LogP contribution in [0.25, 0.3) is 16.9 Å². The van der Waals surface area contributed by atoms with Gasteiger partial charge in [-0.15, -0.1) is 5.10 Å². The first-order valence-electron chi connectivity index (χ1n) is 11.0. The molecule has 3 aromatic rings. The molecule has 1 saturated heterocycles. The second kappa shape index (κ2) is 9.21. The van der Waals surface area contributed by atoms with Crippen LogP contribution in [0.1, 0.15) is 54.2 Å². The monoisotopic (exact) mass is 452 g/mol. The second-order valence-electron chi connectivity index (χ2n) is 8.79. The molecule has 0 unspecified atom stereocenters. The number of nitrogens with zero attached hydrogens (tertiary/aromatic N) is 4. The number of benzene rings is 2. The molecular weight excluding hydrogens is 424 g/mol. The zero-order chi connectivity index (χ0) is 23.7. The number of hydrogen-bond donors (Lipinski definition) is 4. The molecule has 0 bridgehead atoms. The first kappa shape index (κ1) is 22.8. The third-order valence-corrected chi connectivity index (χ3v) is 5.96. The van der Waals surface area contributed by atoms with Crippen LogP contribution < -0.4 is 0 Å². The van der Waals surface area contributed by atoms with Crippen molar-refractivity contribution >= 4 is 5.97 Å². The fraction of sp³-hybridized carbons (Fsp3) is 0.375. The molecule has 1 fully saturated rings. The first-order chi connectivity index (χ1) is 15.7. The van der Waals surface area contributed by atoms with Gasteiger partial charge >= 0.3 is 5.97 Å². The lowest BCUT2D eigenvalue weighted by Gasteiger charge is -2.30. The Morgan fingerprint density at radius 3 is 2.52 bits per heavy atom. The Morgan fingerprint density at radius 1 is 1.15 bits per heavy atom. The summed E-state index contributed by atoms with van der Waals surface area (Å²) in [6, 6.07) is 10.3. The summed E-state index contributed by atoms with van der Waals surface area (Å²) in [7, 11) is 0. The minimum atomic E-state index is -1.23. The average molecular weight is 453 g/mol. The van der Waals surface area contributed by atoms with Crippen molar-refractivity contribution in [1.29, 1.82) is 0 Å². The summed E-state index contributed by atoms with van der Waals surface area (Å²) < 4.78 is 1.29. The van der Waals surface area contributed by atoms with Crippen LogP contribution in [-0.2, 0) is 6.54 Å². The minimum Gasteiger partial charge on any atom is -0.508 e. The Hall–Kier alpha value is -3.43. The number of carboxylic acid groups (broad SMARTS) is 1. The van der Waals surface area contributed by atoms with Crippen molar-refractivity contribution in [3.05, 3.63) is 53.2 Å². The molecule has 0 aliphatic carbocycles. The molecule has 1 aromatic heterocycles. The summed E-state index contributed by atoms with van der Waals surface area (Å²) in [5.41, 5.74) is 2.45. The Bertz CT molecular complexity index is 1160. The number of carbonyl (C=O) groups is 1. The maximum absolute atomic E-state index is 11.9. The molecule has 4 rings (SSSR count). The SMILES string of the molecule is CC(C)c1cc(-n2nnc(C(=O)O)c2-c2ccc(CN3CCC[C@@H](O)C3)cc2)c(O)cc1O. The summed E-state index contributed by atoms with van der Waals surface area (Å²) in [6.07, 6.45) is 1.48. The van der Waals surface area contributed by atoms with Crippen LogP contribution >= 0.6 is 0 Å². The summed E-state index contributed by atoms with van der Waals surface area (Å²) >= 11 is 0. The third kappa shape index (κ3) is 4.69. The standard InChI is InChI=1S/C24H28N4O5/c1-14(2)18-10-19(21(31)11-20(18)30)28-23(22(24(32)33)25-26-28)16-7-5-15(6-8-16)12-27-9-3-4-17(29)13-27/h5-8,10-11,14,17,29-31H,3-4,9,12-13H2,1-2H3,(H,32,33)/t17-/m1/s1. The van der Waals surface area contributed by atoms with Gasteiger partial charge in [0.2, 0.25) is 0 Å². The molecule has 0 saturated carbocycles. The largest absolute Gasteiger partial charge is 0.508 e. The zero-order valence-electron chi connectivity index (χ0n) is 18.6. The minimum absolute atomic E-state index is 0.0251.